The van der Waals surface area contributed by atoms with Crippen molar-refractivity contribution in [1.29, 1.82) is 0 Å². The second-order valence-corrected chi connectivity index (χ2v) is 5.61. The van der Waals surface area contributed by atoms with Gasteiger partial charge in [0.1, 0.15) is 0 Å². The van der Waals surface area contributed by atoms with E-state index in [0.29, 0.717) is 12.5 Å². The van der Waals surface area contributed by atoms with Crippen LogP contribution in [0.25, 0.3) is 0 Å². The van der Waals surface area contributed by atoms with Crippen molar-refractivity contribution in [3.63, 3.8) is 0 Å². The summed E-state index contributed by atoms with van der Waals surface area (Å²) in [5.74, 6) is 1.52. The van der Waals surface area contributed by atoms with Gasteiger partial charge >= 0.3 is 0 Å². The van der Waals surface area contributed by atoms with Crippen molar-refractivity contribution >= 4 is 5.91 Å². The molecule has 1 N–H and O–H groups in total. The molecule has 0 radical (unpaired) electrons. The maximum Gasteiger partial charge on any atom is 0.226 e. The van der Waals surface area contributed by atoms with Crippen molar-refractivity contribution in [2.45, 2.75) is 38.9 Å². The van der Waals surface area contributed by atoms with Crippen LogP contribution in [0.2, 0.25) is 0 Å². The van der Waals surface area contributed by atoms with Crippen molar-refractivity contribution in [2.75, 3.05) is 20.8 Å². The number of methoxy groups -OCH3 is 2. The van der Waals surface area contributed by atoms with E-state index in [0.717, 1.165) is 12.3 Å². The minimum atomic E-state index is -0.346. The topological polar surface area (TPSA) is 47.6 Å². The Balaban J connectivity index is 1.88. The van der Waals surface area contributed by atoms with E-state index in [1.807, 2.05) is 0 Å². The molecule has 4 nitrogen and oxygen atoms in total. The number of carbonyl (C=O) groups excluding carboxylic acids is 1. The Labute approximate surface area is 103 Å². The zero-order valence-electron chi connectivity index (χ0n) is 11.0. The van der Waals surface area contributed by atoms with Gasteiger partial charge in [-0.05, 0) is 31.1 Å². The van der Waals surface area contributed by atoms with Crippen LogP contribution in [-0.4, -0.2) is 33.0 Å². The van der Waals surface area contributed by atoms with Gasteiger partial charge in [0.2, 0.25) is 5.91 Å². The lowest BCUT2D eigenvalue weighted by Crippen LogP contribution is -2.45. The Kier molecular flexibility index (Phi) is 3.73. The number of hydrogen-bond acceptors (Lipinski definition) is 3. The van der Waals surface area contributed by atoms with Gasteiger partial charge in [0, 0.05) is 19.6 Å². The van der Waals surface area contributed by atoms with Crippen molar-refractivity contribution in [2.24, 2.45) is 17.3 Å². The highest BCUT2D eigenvalue weighted by Gasteiger charge is 2.52. The summed E-state index contributed by atoms with van der Waals surface area (Å²) in [6, 6.07) is 0. The highest BCUT2D eigenvalue weighted by atomic mass is 16.7. The molecule has 3 unspecified atom stereocenters. The minimum absolute atomic E-state index is 0.158. The molecule has 0 aromatic heterocycles. The minimum Gasteiger partial charge on any atom is -0.354 e. The number of hydrogen-bond donors (Lipinski definition) is 1. The monoisotopic (exact) mass is 241 g/mol. The zero-order valence-corrected chi connectivity index (χ0v) is 11.0. The van der Waals surface area contributed by atoms with E-state index in [4.69, 9.17) is 9.47 Å². The average Bonchev–Trinajstić information content (AvgIpc) is 2.90. The summed E-state index contributed by atoms with van der Waals surface area (Å²) in [4.78, 5) is 12.3. The molecule has 0 aromatic rings. The van der Waals surface area contributed by atoms with Gasteiger partial charge in [0.25, 0.3) is 0 Å². The van der Waals surface area contributed by atoms with Gasteiger partial charge in [-0.1, -0.05) is 13.3 Å². The molecule has 2 bridgehead atoms. The molecule has 0 aliphatic heterocycles. The smallest absolute Gasteiger partial charge is 0.226 e. The van der Waals surface area contributed by atoms with E-state index >= 15 is 0 Å². The van der Waals surface area contributed by atoms with Crippen LogP contribution in [-0.2, 0) is 14.3 Å². The van der Waals surface area contributed by atoms with Gasteiger partial charge in [-0.15, -0.1) is 0 Å². The maximum absolute atomic E-state index is 12.3. The molecule has 2 fully saturated rings. The molecular weight excluding hydrogens is 218 g/mol. The molecular formula is C13H23NO3. The Bertz CT molecular complexity index is 290. The number of amides is 1. The Hall–Kier alpha value is -0.610. The molecule has 4 heteroatoms. The standard InChI is InChI=1S/C13H23NO3/c1-13(7-9-4-5-10(13)6-9)12(15)14-8-11(16-2)17-3/h9-11H,4-8H2,1-3H3,(H,14,15). The van der Waals surface area contributed by atoms with Crippen molar-refractivity contribution in [1.82, 2.24) is 5.32 Å². The first kappa shape index (κ1) is 12.8. The number of rotatable bonds is 5. The fourth-order valence-corrected chi connectivity index (χ4v) is 3.52. The first-order chi connectivity index (χ1) is 8.10. The van der Waals surface area contributed by atoms with E-state index in [-0.39, 0.29) is 17.6 Å². The molecule has 0 heterocycles. The predicted molar refractivity (Wildman–Crippen MR) is 64.4 cm³/mol. The summed E-state index contributed by atoms with van der Waals surface area (Å²) in [6.07, 6.45) is 4.47. The normalized spacial score (nSPS) is 35.5. The molecule has 3 atom stereocenters. The van der Waals surface area contributed by atoms with Crippen LogP contribution < -0.4 is 5.32 Å². The number of fused-ring (bicyclic) bond motifs is 2. The number of carbonyl (C=O) groups is 1. The van der Waals surface area contributed by atoms with Crippen LogP contribution in [0.3, 0.4) is 0 Å². The van der Waals surface area contributed by atoms with Crippen LogP contribution in [0.4, 0.5) is 0 Å². The molecule has 0 saturated heterocycles. The second-order valence-electron chi connectivity index (χ2n) is 5.61. The van der Waals surface area contributed by atoms with Gasteiger partial charge in [-0.25, -0.2) is 0 Å². The lowest BCUT2D eigenvalue weighted by molar-refractivity contribution is -0.138. The first-order valence-electron chi connectivity index (χ1n) is 6.44. The Morgan fingerprint density at radius 3 is 2.59 bits per heavy atom. The molecule has 1 amide bonds. The largest absolute Gasteiger partial charge is 0.354 e. The fourth-order valence-electron chi connectivity index (χ4n) is 3.52. The van der Waals surface area contributed by atoms with Crippen molar-refractivity contribution < 1.29 is 14.3 Å². The summed E-state index contributed by atoms with van der Waals surface area (Å²) in [6.45, 7) is 2.54. The fraction of sp³-hybridized carbons (Fsp3) is 0.923. The summed E-state index contributed by atoms with van der Waals surface area (Å²) in [7, 11) is 3.17. The summed E-state index contributed by atoms with van der Waals surface area (Å²) in [5, 5.41) is 2.96. The van der Waals surface area contributed by atoms with Crippen LogP contribution in [0, 0.1) is 17.3 Å². The Morgan fingerprint density at radius 1 is 1.41 bits per heavy atom. The lowest BCUT2D eigenvalue weighted by atomic mass is 9.74. The van der Waals surface area contributed by atoms with E-state index in [2.05, 4.69) is 12.2 Å². The lowest BCUT2D eigenvalue weighted by Gasteiger charge is -2.32. The van der Waals surface area contributed by atoms with Crippen LogP contribution >= 0.6 is 0 Å². The highest BCUT2D eigenvalue weighted by Crippen LogP contribution is 2.55. The molecule has 0 aromatic carbocycles. The highest BCUT2D eigenvalue weighted by molar-refractivity contribution is 5.83. The van der Waals surface area contributed by atoms with E-state index in [1.54, 1.807) is 14.2 Å². The third-order valence-corrected chi connectivity index (χ3v) is 4.63. The van der Waals surface area contributed by atoms with E-state index in [1.165, 1.54) is 19.3 Å². The molecule has 2 aliphatic rings. The molecule has 17 heavy (non-hydrogen) atoms. The predicted octanol–water partition coefficient (Wildman–Crippen LogP) is 1.55. The number of nitrogens with one attached hydrogen (secondary N) is 1. The van der Waals surface area contributed by atoms with Crippen LogP contribution in [0.1, 0.15) is 32.6 Å². The first-order valence-corrected chi connectivity index (χ1v) is 6.44. The molecule has 0 spiro atoms. The summed E-state index contributed by atoms with van der Waals surface area (Å²) >= 11 is 0. The summed E-state index contributed by atoms with van der Waals surface area (Å²) in [5.41, 5.74) is -0.158. The maximum atomic E-state index is 12.3. The van der Waals surface area contributed by atoms with E-state index < -0.39 is 0 Å². The van der Waals surface area contributed by atoms with Gasteiger partial charge < -0.3 is 14.8 Å². The quantitative estimate of drug-likeness (QED) is 0.743. The summed E-state index contributed by atoms with van der Waals surface area (Å²) < 4.78 is 10.1. The Morgan fingerprint density at radius 2 is 2.12 bits per heavy atom. The van der Waals surface area contributed by atoms with Crippen LogP contribution in [0.5, 0.6) is 0 Å². The molecule has 2 aliphatic carbocycles. The molecule has 2 rings (SSSR count). The number of ether oxygens (including phenoxy) is 2. The average molecular weight is 241 g/mol. The van der Waals surface area contributed by atoms with E-state index in [9.17, 15) is 4.79 Å². The van der Waals surface area contributed by atoms with Crippen LogP contribution in [0.15, 0.2) is 0 Å². The van der Waals surface area contributed by atoms with Crippen molar-refractivity contribution in [3.05, 3.63) is 0 Å². The van der Waals surface area contributed by atoms with Crippen molar-refractivity contribution in [3.8, 4) is 0 Å². The second kappa shape index (κ2) is 4.94. The molecule has 98 valence electrons. The third-order valence-electron chi connectivity index (χ3n) is 4.63. The van der Waals surface area contributed by atoms with Gasteiger partial charge in [-0.2, -0.15) is 0 Å². The zero-order chi connectivity index (χ0) is 12.5. The van der Waals surface area contributed by atoms with Gasteiger partial charge in [0.05, 0.1) is 6.54 Å². The third kappa shape index (κ3) is 2.33. The van der Waals surface area contributed by atoms with Gasteiger partial charge in [-0.3, -0.25) is 4.79 Å². The SMILES string of the molecule is COC(CNC(=O)C1(C)CC2CCC1C2)OC. The van der Waals surface area contributed by atoms with Gasteiger partial charge in [0.15, 0.2) is 6.29 Å². The molecule has 2 saturated carbocycles.